The molecular formula is C52H107NO4. The van der Waals surface area contributed by atoms with E-state index in [1.807, 2.05) is 0 Å². The SMILES string of the molecule is CCCCCCCCCCCCCCCCCCCCCCCC(=O)O.CCCCCCCCCCCCCCCCCCCCCCCCN(CCO)CCO. The average Bonchev–Trinajstić information content (AvgIpc) is 3.20. The number of carboxylic acids is 1. The first-order valence-electron chi connectivity index (χ1n) is 26.3. The summed E-state index contributed by atoms with van der Waals surface area (Å²) >= 11 is 0. The Morgan fingerprint density at radius 3 is 0.684 bits per heavy atom. The maximum atomic E-state index is 10.4. The van der Waals surface area contributed by atoms with Gasteiger partial charge in [-0.15, -0.1) is 0 Å². The lowest BCUT2D eigenvalue weighted by Gasteiger charge is -2.19. The highest BCUT2D eigenvalue weighted by Gasteiger charge is 2.03. The summed E-state index contributed by atoms with van der Waals surface area (Å²) in [6, 6.07) is 0. The van der Waals surface area contributed by atoms with Crippen molar-refractivity contribution in [2.45, 2.75) is 296 Å². The first-order valence-corrected chi connectivity index (χ1v) is 26.3. The average molecular weight is 810 g/mol. The molecule has 344 valence electrons. The number of aliphatic hydroxyl groups excluding tert-OH is 2. The standard InChI is InChI=1S/C28H59NO2.C24H48O2/c1-2-3-4-5-6-7-8-9-10-11-12-13-14-15-16-17-18-19-20-21-22-23-24-29(25-27-30)26-28-31;1-2-3-4-5-6-7-8-9-10-11-12-13-14-15-16-17-18-19-20-21-22-23-24(25)26/h30-31H,2-28H2,1H3;2-23H2,1H3,(H,25,26). The molecule has 0 aromatic heterocycles. The van der Waals surface area contributed by atoms with Crippen molar-refractivity contribution < 1.29 is 20.1 Å². The Kier molecular flexibility index (Phi) is 56.8. The highest BCUT2D eigenvalue weighted by molar-refractivity contribution is 5.66. The molecule has 0 radical (unpaired) electrons. The second-order valence-corrected chi connectivity index (χ2v) is 17.9. The van der Waals surface area contributed by atoms with Gasteiger partial charge in [0.25, 0.3) is 0 Å². The zero-order chi connectivity index (χ0) is 41.8. The molecule has 5 heteroatoms. The Balaban J connectivity index is 0. The topological polar surface area (TPSA) is 81.0 Å². The van der Waals surface area contributed by atoms with E-state index in [2.05, 4.69) is 18.7 Å². The van der Waals surface area contributed by atoms with Crippen LogP contribution in [-0.2, 0) is 4.79 Å². The third-order valence-corrected chi connectivity index (χ3v) is 12.2. The molecule has 0 saturated heterocycles. The van der Waals surface area contributed by atoms with Crippen LogP contribution < -0.4 is 0 Å². The Morgan fingerprint density at radius 2 is 0.491 bits per heavy atom. The van der Waals surface area contributed by atoms with E-state index in [4.69, 9.17) is 15.3 Å². The van der Waals surface area contributed by atoms with Crippen molar-refractivity contribution in [1.82, 2.24) is 4.90 Å². The molecule has 0 bridgehead atoms. The molecule has 3 N–H and O–H groups in total. The number of nitrogens with zero attached hydrogens (tertiary/aromatic N) is 1. The maximum absolute atomic E-state index is 10.4. The molecule has 57 heavy (non-hydrogen) atoms. The van der Waals surface area contributed by atoms with Gasteiger partial charge in [-0.1, -0.05) is 277 Å². The highest BCUT2D eigenvalue weighted by atomic mass is 16.4. The molecule has 0 spiro atoms. The number of hydrogen-bond acceptors (Lipinski definition) is 4. The summed E-state index contributed by atoms with van der Waals surface area (Å²) in [5.74, 6) is -0.650. The number of aliphatic hydroxyl groups is 2. The molecule has 0 saturated carbocycles. The first kappa shape index (κ1) is 58.4. The van der Waals surface area contributed by atoms with Crippen molar-refractivity contribution in [2.24, 2.45) is 0 Å². The highest BCUT2D eigenvalue weighted by Crippen LogP contribution is 2.17. The summed E-state index contributed by atoms with van der Waals surface area (Å²) in [4.78, 5) is 12.6. The van der Waals surface area contributed by atoms with E-state index >= 15 is 0 Å². The van der Waals surface area contributed by atoms with Crippen LogP contribution in [0.5, 0.6) is 0 Å². The fourth-order valence-corrected chi connectivity index (χ4v) is 8.27. The largest absolute Gasteiger partial charge is 0.481 e. The van der Waals surface area contributed by atoms with Gasteiger partial charge >= 0.3 is 5.97 Å². The van der Waals surface area contributed by atoms with Crippen LogP contribution in [0.3, 0.4) is 0 Å². The molecule has 0 aromatic carbocycles. The number of carbonyl (C=O) groups is 1. The van der Waals surface area contributed by atoms with Crippen molar-refractivity contribution in [2.75, 3.05) is 32.8 Å². The van der Waals surface area contributed by atoms with Crippen molar-refractivity contribution >= 4 is 5.97 Å². The molecule has 0 aliphatic heterocycles. The van der Waals surface area contributed by atoms with E-state index in [-0.39, 0.29) is 13.2 Å². The first-order chi connectivity index (χ1) is 28.1. The van der Waals surface area contributed by atoms with E-state index < -0.39 is 5.97 Å². The quantitative estimate of drug-likeness (QED) is 0.0533. The molecule has 0 aliphatic rings. The Hall–Kier alpha value is -0.650. The summed E-state index contributed by atoms with van der Waals surface area (Å²) in [5, 5.41) is 26.6. The van der Waals surface area contributed by atoms with Crippen LogP contribution in [0.1, 0.15) is 296 Å². The lowest BCUT2D eigenvalue weighted by molar-refractivity contribution is -0.137. The summed E-state index contributed by atoms with van der Waals surface area (Å²) in [6.45, 7) is 7.37. The Morgan fingerprint density at radius 1 is 0.298 bits per heavy atom. The monoisotopic (exact) mass is 810 g/mol. The van der Waals surface area contributed by atoms with Gasteiger partial charge in [0.2, 0.25) is 0 Å². The van der Waals surface area contributed by atoms with Crippen LogP contribution in [0.2, 0.25) is 0 Å². The van der Waals surface area contributed by atoms with Gasteiger partial charge in [-0.3, -0.25) is 9.69 Å². The van der Waals surface area contributed by atoms with Crippen LogP contribution in [0.4, 0.5) is 0 Å². The summed E-state index contributed by atoms with van der Waals surface area (Å²) in [5.41, 5.74) is 0. The van der Waals surface area contributed by atoms with Crippen molar-refractivity contribution in [1.29, 1.82) is 0 Å². The summed E-state index contributed by atoms with van der Waals surface area (Å²) in [7, 11) is 0. The number of aliphatic carboxylic acids is 1. The molecule has 0 rings (SSSR count). The predicted octanol–water partition coefficient (Wildman–Crippen LogP) is 16.5. The minimum atomic E-state index is -0.650. The smallest absolute Gasteiger partial charge is 0.303 e. The van der Waals surface area contributed by atoms with Gasteiger partial charge in [0.05, 0.1) is 13.2 Å². The van der Waals surface area contributed by atoms with E-state index in [1.165, 1.54) is 263 Å². The molecule has 0 aromatic rings. The number of hydrogen-bond donors (Lipinski definition) is 3. The van der Waals surface area contributed by atoms with Gasteiger partial charge in [0.15, 0.2) is 0 Å². The molecule has 0 aliphatic carbocycles. The molecule has 0 heterocycles. The summed E-state index contributed by atoms with van der Waals surface area (Å²) in [6.07, 6.45) is 60.3. The molecule has 0 amide bonds. The van der Waals surface area contributed by atoms with E-state index in [9.17, 15) is 4.79 Å². The van der Waals surface area contributed by atoms with Crippen molar-refractivity contribution in [3.63, 3.8) is 0 Å². The van der Waals surface area contributed by atoms with Crippen LogP contribution in [-0.4, -0.2) is 59.0 Å². The van der Waals surface area contributed by atoms with Gasteiger partial charge in [-0.05, 0) is 19.4 Å². The van der Waals surface area contributed by atoms with Crippen LogP contribution in [0, 0.1) is 0 Å². The third kappa shape index (κ3) is 57.5. The van der Waals surface area contributed by atoms with Gasteiger partial charge < -0.3 is 15.3 Å². The number of carboxylic acid groups (broad SMARTS) is 1. The van der Waals surface area contributed by atoms with Crippen LogP contribution in [0.15, 0.2) is 0 Å². The molecular weight excluding hydrogens is 703 g/mol. The van der Waals surface area contributed by atoms with Gasteiger partial charge in [0.1, 0.15) is 0 Å². The maximum Gasteiger partial charge on any atom is 0.303 e. The third-order valence-electron chi connectivity index (χ3n) is 12.2. The lowest BCUT2D eigenvalue weighted by Crippen LogP contribution is -2.30. The minimum Gasteiger partial charge on any atom is -0.481 e. The predicted molar refractivity (Wildman–Crippen MR) is 253 cm³/mol. The van der Waals surface area contributed by atoms with E-state index in [1.54, 1.807) is 0 Å². The number of rotatable bonds is 49. The molecule has 0 unspecified atom stereocenters. The van der Waals surface area contributed by atoms with Gasteiger partial charge in [-0.25, -0.2) is 0 Å². The van der Waals surface area contributed by atoms with E-state index in [0.29, 0.717) is 19.5 Å². The normalized spacial score (nSPS) is 11.4. The molecule has 0 fully saturated rings. The summed E-state index contributed by atoms with van der Waals surface area (Å²) < 4.78 is 0. The fraction of sp³-hybridized carbons (Fsp3) is 0.981. The second kappa shape index (κ2) is 55.4. The van der Waals surface area contributed by atoms with Crippen LogP contribution >= 0.6 is 0 Å². The Labute approximate surface area is 359 Å². The van der Waals surface area contributed by atoms with Crippen LogP contribution in [0.25, 0.3) is 0 Å². The second-order valence-electron chi connectivity index (χ2n) is 17.9. The zero-order valence-electron chi connectivity index (χ0n) is 39.3. The van der Waals surface area contributed by atoms with Gasteiger partial charge in [-0.2, -0.15) is 0 Å². The number of unbranched alkanes of at least 4 members (excludes halogenated alkanes) is 41. The Bertz CT molecular complexity index is 698. The van der Waals surface area contributed by atoms with E-state index in [0.717, 1.165) is 19.4 Å². The molecule has 5 nitrogen and oxygen atoms in total. The van der Waals surface area contributed by atoms with Crippen molar-refractivity contribution in [3.05, 3.63) is 0 Å². The minimum absolute atomic E-state index is 0.194. The fourth-order valence-electron chi connectivity index (χ4n) is 8.27. The zero-order valence-corrected chi connectivity index (χ0v) is 39.3. The van der Waals surface area contributed by atoms with Crippen molar-refractivity contribution in [3.8, 4) is 0 Å². The molecule has 0 atom stereocenters. The van der Waals surface area contributed by atoms with Gasteiger partial charge in [0, 0.05) is 19.5 Å². The lowest BCUT2D eigenvalue weighted by atomic mass is 10.0.